The molecule has 10 heteroatoms. The van der Waals surface area contributed by atoms with E-state index in [0.717, 1.165) is 0 Å². The van der Waals surface area contributed by atoms with Gasteiger partial charge in [0.15, 0.2) is 11.5 Å². The van der Waals surface area contributed by atoms with Gasteiger partial charge < -0.3 is 13.7 Å². The standard InChI is InChI=1S/C25H23ClN2O6S/c1-3-14-33-23-13-8-19(16-24(23)32-4-2)25(29)28-27-17-18-6-5-7-21(15-18)34-35(30,31)22-11-9-20(26)10-12-22/h3,5-13,15-17H,1,4,14H2,2H3,(H,28,29)/b27-17+. The van der Waals surface area contributed by atoms with E-state index in [-0.39, 0.29) is 10.6 Å². The average molecular weight is 515 g/mol. The fraction of sp³-hybridized carbons (Fsp3) is 0.120. The van der Waals surface area contributed by atoms with Crippen molar-refractivity contribution in [1.82, 2.24) is 5.43 Å². The van der Waals surface area contributed by atoms with Gasteiger partial charge in [-0.05, 0) is 67.1 Å². The number of hydrogen-bond acceptors (Lipinski definition) is 7. The first kappa shape index (κ1) is 25.8. The van der Waals surface area contributed by atoms with Crippen LogP contribution in [0.4, 0.5) is 0 Å². The summed E-state index contributed by atoms with van der Waals surface area (Å²) in [6, 6.07) is 16.7. The molecule has 3 aromatic carbocycles. The Bertz CT molecular complexity index is 1320. The van der Waals surface area contributed by atoms with E-state index in [1.807, 2.05) is 6.92 Å². The van der Waals surface area contributed by atoms with Gasteiger partial charge in [0.2, 0.25) is 0 Å². The Morgan fingerprint density at radius 2 is 1.83 bits per heavy atom. The first-order valence-corrected chi connectivity index (χ1v) is 12.2. The summed E-state index contributed by atoms with van der Waals surface area (Å²) < 4.78 is 41.2. The van der Waals surface area contributed by atoms with Crippen LogP contribution in [-0.4, -0.2) is 33.8 Å². The molecule has 0 unspecified atom stereocenters. The zero-order chi connectivity index (χ0) is 25.3. The quantitative estimate of drug-likeness (QED) is 0.170. The topological polar surface area (TPSA) is 103 Å². The Kier molecular flexibility index (Phi) is 8.88. The Hall–Kier alpha value is -3.82. The highest BCUT2D eigenvalue weighted by atomic mass is 35.5. The Morgan fingerprint density at radius 3 is 2.54 bits per heavy atom. The summed E-state index contributed by atoms with van der Waals surface area (Å²) in [7, 11) is -4.04. The number of halogens is 1. The number of ether oxygens (including phenoxy) is 2. The van der Waals surface area contributed by atoms with E-state index in [1.165, 1.54) is 42.6 Å². The number of nitrogens with zero attached hydrogens (tertiary/aromatic N) is 1. The number of benzene rings is 3. The third kappa shape index (κ3) is 7.33. The van der Waals surface area contributed by atoms with Crippen molar-refractivity contribution < 1.29 is 26.9 Å². The van der Waals surface area contributed by atoms with Crippen molar-refractivity contribution in [2.75, 3.05) is 13.2 Å². The lowest BCUT2D eigenvalue weighted by Gasteiger charge is -2.12. The van der Waals surface area contributed by atoms with Crippen LogP contribution < -0.4 is 19.1 Å². The summed E-state index contributed by atoms with van der Waals surface area (Å²) in [5.74, 6) is 0.553. The third-order valence-corrected chi connectivity index (χ3v) is 5.92. The van der Waals surface area contributed by atoms with Gasteiger partial charge in [-0.1, -0.05) is 36.4 Å². The van der Waals surface area contributed by atoms with Crippen LogP contribution in [-0.2, 0) is 10.1 Å². The lowest BCUT2D eigenvalue weighted by Crippen LogP contribution is -2.17. The van der Waals surface area contributed by atoms with Crippen molar-refractivity contribution >= 4 is 33.8 Å². The number of hydrazone groups is 1. The van der Waals surface area contributed by atoms with Crippen molar-refractivity contribution in [3.63, 3.8) is 0 Å². The molecule has 35 heavy (non-hydrogen) atoms. The normalized spacial score (nSPS) is 11.1. The summed E-state index contributed by atoms with van der Waals surface area (Å²) in [5, 5.41) is 4.35. The molecule has 0 aliphatic heterocycles. The fourth-order valence-electron chi connectivity index (χ4n) is 2.84. The molecule has 0 aromatic heterocycles. The van der Waals surface area contributed by atoms with Crippen LogP contribution in [0, 0.1) is 0 Å². The molecule has 0 radical (unpaired) electrons. The largest absolute Gasteiger partial charge is 0.490 e. The van der Waals surface area contributed by atoms with Gasteiger partial charge in [-0.2, -0.15) is 13.5 Å². The predicted molar refractivity (Wildman–Crippen MR) is 134 cm³/mol. The lowest BCUT2D eigenvalue weighted by atomic mass is 10.2. The zero-order valence-corrected chi connectivity index (χ0v) is 20.4. The van der Waals surface area contributed by atoms with Gasteiger partial charge >= 0.3 is 10.1 Å². The van der Waals surface area contributed by atoms with Gasteiger partial charge in [-0.25, -0.2) is 5.43 Å². The minimum atomic E-state index is -4.04. The van der Waals surface area contributed by atoms with E-state index >= 15 is 0 Å². The number of rotatable bonds is 11. The van der Waals surface area contributed by atoms with Crippen LogP contribution in [0.25, 0.3) is 0 Å². The maximum atomic E-state index is 12.5. The molecule has 8 nitrogen and oxygen atoms in total. The van der Waals surface area contributed by atoms with Crippen LogP contribution in [0.15, 0.2) is 89.4 Å². The molecule has 0 heterocycles. The number of carbonyl (C=O) groups excluding carboxylic acids is 1. The molecule has 0 bridgehead atoms. The van der Waals surface area contributed by atoms with Gasteiger partial charge in [-0.15, -0.1) is 0 Å². The van der Waals surface area contributed by atoms with E-state index in [2.05, 4.69) is 17.1 Å². The minimum Gasteiger partial charge on any atom is -0.490 e. The monoisotopic (exact) mass is 514 g/mol. The van der Waals surface area contributed by atoms with Crippen molar-refractivity contribution in [2.24, 2.45) is 5.10 Å². The molecule has 0 fully saturated rings. The number of nitrogens with one attached hydrogen (secondary N) is 1. The average Bonchev–Trinajstić information content (AvgIpc) is 2.83. The summed E-state index contributed by atoms with van der Waals surface area (Å²) in [5.41, 5.74) is 3.26. The maximum Gasteiger partial charge on any atom is 0.339 e. The predicted octanol–water partition coefficient (Wildman–Crippen LogP) is 4.84. The molecule has 0 saturated heterocycles. The molecule has 0 aliphatic rings. The third-order valence-electron chi connectivity index (χ3n) is 4.41. The van der Waals surface area contributed by atoms with Crippen LogP contribution in [0.3, 0.4) is 0 Å². The summed E-state index contributed by atoms with van der Waals surface area (Å²) in [4.78, 5) is 12.5. The van der Waals surface area contributed by atoms with Crippen LogP contribution >= 0.6 is 11.6 Å². The highest BCUT2D eigenvalue weighted by Gasteiger charge is 2.16. The van der Waals surface area contributed by atoms with Crippen molar-refractivity contribution in [3.8, 4) is 17.2 Å². The van der Waals surface area contributed by atoms with E-state index in [0.29, 0.717) is 40.9 Å². The Balaban J connectivity index is 1.67. The van der Waals surface area contributed by atoms with E-state index < -0.39 is 16.0 Å². The molecule has 0 aliphatic carbocycles. The van der Waals surface area contributed by atoms with Gasteiger partial charge in [0.05, 0.1) is 12.8 Å². The Morgan fingerprint density at radius 1 is 1.06 bits per heavy atom. The van der Waals surface area contributed by atoms with E-state index in [9.17, 15) is 13.2 Å². The van der Waals surface area contributed by atoms with Crippen molar-refractivity contribution in [2.45, 2.75) is 11.8 Å². The number of carbonyl (C=O) groups is 1. The molecule has 0 spiro atoms. The van der Waals surface area contributed by atoms with Gasteiger partial charge in [0, 0.05) is 10.6 Å². The highest BCUT2D eigenvalue weighted by molar-refractivity contribution is 7.87. The van der Waals surface area contributed by atoms with Crippen molar-refractivity contribution in [1.29, 1.82) is 0 Å². The molecule has 0 saturated carbocycles. The number of hydrogen-bond donors (Lipinski definition) is 1. The fourth-order valence-corrected chi connectivity index (χ4v) is 3.89. The van der Waals surface area contributed by atoms with Crippen LogP contribution in [0.2, 0.25) is 5.02 Å². The lowest BCUT2D eigenvalue weighted by molar-refractivity contribution is 0.0954. The summed E-state index contributed by atoms with van der Waals surface area (Å²) in [6.07, 6.45) is 2.98. The molecular formula is C25H23ClN2O6S. The summed E-state index contributed by atoms with van der Waals surface area (Å²) in [6.45, 7) is 6.14. The molecule has 3 aromatic rings. The van der Waals surface area contributed by atoms with Gasteiger partial charge in [0.1, 0.15) is 17.3 Å². The maximum absolute atomic E-state index is 12.5. The highest BCUT2D eigenvalue weighted by Crippen LogP contribution is 2.28. The second-order valence-electron chi connectivity index (χ2n) is 6.96. The van der Waals surface area contributed by atoms with Gasteiger partial charge in [-0.3, -0.25) is 4.79 Å². The molecule has 1 N–H and O–H groups in total. The van der Waals surface area contributed by atoms with E-state index in [1.54, 1.807) is 36.4 Å². The van der Waals surface area contributed by atoms with E-state index in [4.69, 9.17) is 25.3 Å². The second-order valence-corrected chi connectivity index (χ2v) is 8.94. The molecule has 182 valence electrons. The smallest absolute Gasteiger partial charge is 0.339 e. The first-order valence-electron chi connectivity index (χ1n) is 10.5. The SMILES string of the molecule is C=CCOc1ccc(C(=O)N/N=C/c2cccc(OS(=O)(=O)c3ccc(Cl)cc3)c2)cc1OCC. The summed E-state index contributed by atoms with van der Waals surface area (Å²) >= 11 is 5.80. The molecule has 0 atom stereocenters. The minimum absolute atomic E-state index is 0.0273. The van der Waals surface area contributed by atoms with Gasteiger partial charge in [0.25, 0.3) is 5.91 Å². The number of amides is 1. The first-order chi connectivity index (χ1) is 16.8. The molecule has 1 amide bonds. The van der Waals surface area contributed by atoms with Crippen molar-refractivity contribution in [3.05, 3.63) is 95.5 Å². The molecule has 3 rings (SSSR count). The zero-order valence-electron chi connectivity index (χ0n) is 18.8. The van der Waals surface area contributed by atoms with Crippen LogP contribution in [0.1, 0.15) is 22.8 Å². The second kappa shape index (κ2) is 12.0. The Labute approximate surface area is 208 Å². The molecular weight excluding hydrogens is 492 g/mol. The van der Waals surface area contributed by atoms with Crippen LogP contribution in [0.5, 0.6) is 17.2 Å².